The molecule has 10 heavy (non-hydrogen) atoms. The van der Waals surface area contributed by atoms with E-state index < -0.39 is 0 Å². The van der Waals surface area contributed by atoms with Gasteiger partial charge in [0.25, 0.3) is 0 Å². The van der Waals surface area contributed by atoms with E-state index in [0.29, 0.717) is 12.5 Å². The Hall–Kier alpha value is 0.310. The summed E-state index contributed by atoms with van der Waals surface area (Å²) in [7, 11) is 0. The lowest BCUT2D eigenvalue weighted by Crippen LogP contribution is -2.04. The van der Waals surface area contributed by atoms with Crippen LogP contribution in [0.1, 0.15) is 19.8 Å². The van der Waals surface area contributed by atoms with Crippen LogP contribution in [0.5, 0.6) is 0 Å². The lowest BCUT2D eigenvalue weighted by Gasteiger charge is -2.05. The average Bonchev–Trinajstić information content (AvgIpc) is 2.71. The third kappa shape index (κ3) is 3.47. The molecule has 60 valence electrons. The van der Waals surface area contributed by atoms with Gasteiger partial charge in [-0.2, -0.15) is 11.8 Å². The molecule has 1 atom stereocenters. The van der Waals surface area contributed by atoms with E-state index in [1.807, 2.05) is 11.8 Å². The summed E-state index contributed by atoms with van der Waals surface area (Å²) in [4.78, 5) is 0. The van der Waals surface area contributed by atoms with Gasteiger partial charge in [-0.15, -0.1) is 0 Å². The van der Waals surface area contributed by atoms with Crippen molar-refractivity contribution in [3.8, 4) is 0 Å². The lowest BCUT2D eigenvalue weighted by atomic mass is 10.2. The smallest absolute Gasteiger partial charge is 0.0464 e. The molecular weight excluding hydrogens is 144 g/mol. The zero-order valence-electron chi connectivity index (χ0n) is 6.55. The van der Waals surface area contributed by atoms with Crippen molar-refractivity contribution in [2.75, 3.05) is 18.1 Å². The molecule has 1 saturated carbocycles. The molecule has 0 heterocycles. The van der Waals surface area contributed by atoms with Gasteiger partial charge in [0.05, 0.1) is 0 Å². The number of aliphatic hydroxyl groups is 1. The standard InChI is InChI=1S/C8H16OS/c1-7(4-9)5-10-6-8-2-3-8/h7-9H,2-6H2,1H3. The van der Waals surface area contributed by atoms with Crippen LogP contribution in [0, 0.1) is 11.8 Å². The molecule has 1 nitrogen and oxygen atoms in total. The zero-order valence-corrected chi connectivity index (χ0v) is 7.36. The first kappa shape index (κ1) is 8.41. The van der Waals surface area contributed by atoms with Crippen LogP contribution in [0.3, 0.4) is 0 Å². The van der Waals surface area contributed by atoms with Crippen molar-refractivity contribution in [3.05, 3.63) is 0 Å². The Morgan fingerprint density at radius 2 is 2.30 bits per heavy atom. The predicted molar refractivity (Wildman–Crippen MR) is 46.3 cm³/mol. The van der Waals surface area contributed by atoms with Crippen LogP contribution in [-0.2, 0) is 0 Å². The molecule has 1 fully saturated rings. The van der Waals surface area contributed by atoms with Crippen LogP contribution < -0.4 is 0 Å². The summed E-state index contributed by atoms with van der Waals surface area (Å²) >= 11 is 2.00. The fourth-order valence-corrected chi connectivity index (χ4v) is 2.08. The fourth-order valence-electron chi connectivity index (χ4n) is 0.773. The minimum atomic E-state index is 0.345. The molecule has 0 aromatic rings. The minimum Gasteiger partial charge on any atom is -0.396 e. The molecule has 1 N–H and O–H groups in total. The van der Waals surface area contributed by atoms with E-state index in [2.05, 4.69) is 6.92 Å². The van der Waals surface area contributed by atoms with Crippen LogP contribution in [0.25, 0.3) is 0 Å². The van der Waals surface area contributed by atoms with Crippen molar-refractivity contribution < 1.29 is 5.11 Å². The quantitative estimate of drug-likeness (QED) is 0.661. The van der Waals surface area contributed by atoms with Crippen LogP contribution in [0.2, 0.25) is 0 Å². The highest BCUT2D eigenvalue weighted by Crippen LogP contribution is 2.32. The molecule has 0 aliphatic heterocycles. The summed E-state index contributed by atoms with van der Waals surface area (Å²) < 4.78 is 0. The molecule has 0 saturated heterocycles. The van der Waals surface area contributed by atoms with Gasteiger partial charge in [0, 0.05) is 6.61 Å². The van der Waals surface area contributed by atoms with E-state index >= 15 is 0 Å². The van der Waals surface area contributed by atoms with E-state index in [9.17, 15) is 0 Å². The number of rotatable bonds is 5. The van der Waals surface area contributed by atoms with Crippen molar-refractivity contribution in [3.63, 3.8) is 0 Å². The van der Waals surface area contributed by atoms with E-state index in [4.69, 9.17) is 5.11 Å². The molecule has 0 amide bonds. The summed E-state index contributed by atoms with van der Waals surface area (Å²) in [6, 6.07) is 0. The van der Waals surface area contributed by atoms with Crippen molar-refractivity contribution in [1.82, 2.24) is 0 Å². The van der Waals surface area contributed by atoms with Gasteiger partial charge in [0.15, 0.2) is 0 Å². The topological polar surface area (TPSA) is 20.2 Å². The Balaban J connectivity index is 1.83. The first-order valence-electron chi connectivity index (χ1n) is 4.01. The molecule has 0 bridgehead atoms. The van der Waals surface area contributed by atoms with Gasteiger partial charge in [-0.1, -0.05) is 6.92 Å². The van der Waals surface area contributed by atoms with Gasteiger partial charge in [0.1, 0.15) is 0 Å². The predicted octanol–water partition coefficient (Wildman–Crippen LogP) is 1.76. The number of thioether (sulfide) groups is 1. The van der Waals surface area contributed by atoms with Gasteiger partial charge in [0.2, 0.25) is 0 Å². The third-order valence-electron chi connectivity index (χ3n) is 1.76. The molecule has 1 aliphatic carbocycles. The Bertz CT molecular complexity index is 91.3. The molecule has 0 aromatic heterocycles. The first-order chi connectivity index (χ1) is 4.83. The number of aliphatic hydroxyl groups excluding tert-OH is 1. The summed E-state index contributed by atoms with van der Waals surface area (Å²) in [5.41, 5.74) is 0. The Morgan fingerprint density at radius 3 is 2.80 bits per heavy atom. The Kier molecular flexibility index (Phi) is 3.57. The van der Waals surface area contributed by atoms with Gasteiger partial charge in [-0.3, -0.25) is 0 Å². The average molecular weight is 160 g/mol. The van der Waals surface area contributed by atoms with E-state index in [0.717, 1.165) is 11.7 Å². The normalized spacial score (nSPS) is 21.0. The largest absolute Gasteiger partial charge is 0.396 e. The minimum absolute atomic E-state index is 0.345. The summed E-state index contributed by atoms with van der Waals surface area (Å²) in [5.74, 6) is 3.97. The highest BCUT2D eigenvalue weighted by molar-refractivity contribution is 7.99. The fraction of sp³-hybridized carbons (Fsp3) is 1.00. The Morgan fingerprint density at radius 1 is 1.60 bits per heavy atom. The molecule has 2 heteroatoms. The van der Waals surface area contributed by atoms with E-state index in [-0.39, 0.29) is 0 Å². The monoisotopic (exact) mass is 160 g/mol. The number of hydrogen-bond acceptors (Lipinski definition) is 2. The molecular formula is C8H16OS. The van der Waals surface area contributed by atoms with Crippen LogP contribution in [0.15, 0.2) is 0 Å². The van der Waals surface area contributed by atoms with Crippen LogP contribution in [-0.4, -0.2) is 23.2 Å². The number of hydrogen-bond donors (Lipinski definition) is 1. The van der Waals surface area contributed by atoms with Crippen molar-refractivity contribution in [2.45, 2.75) is 19.8 Å². The summed E-state index contributed by atoms with van der Waals surface area (Å²) in [5, 5.41) is 8.70. The highest BCUT2D eigenvalue weighted by Gasteiger charge is 2.20. The maximum Gasteiger partial charge on any atom is 0.0464 e. The van der Waals surface area contributed by atoms with Gasteiger partial charge < -0.3 is 5.11 Å². The van der Waals surface area contributed by atoms with E-state index in [1.54, 1.807) is 0 Å². The maximum absolute atomic E-state index is 8.70. The third-order valence-corrected chi connectivity index (χ3v) is 3.28. The van der Waals surface area contributed by atoms with Gasteiger partial charge >= 0.3 is 0 Å². The second-order valence-electron chi connectivity index (χ2n) is 3.27. The molecule has 1 rings (SSSR count). The van der Waals surface area contributed by atoms with Gasteiger partial charge in [-0.25, -0.2) is 0 Å². The van der Waals surface area contributed by atoms with Crippen molar-refractivity contribution in [2.24, 2.45) is 11.8 Å². The van der Waals surface area contributed by atoms with E-state index in [1.165, 1.54) is 18.6 Å². The van der Waals surface area contributed by atoms with Gasteiger partial charge in [-0.05, 0) is 36.2 Å². The van der Waals surface area contributed by atoms with Crippen LogP contribution >= 0.6 is 11.8 Å². The SMILES string of the molecule is CC(CO)CSCC1CC1. The second-order valence-corrected chi connectivity index (χ2v) is 4.34. The van der Waals surface area contributed by atoms with Crippen molar-refractivity contribution >= 4 is 11.8 Å². The van der Waals surface area contributed by atoms with Crippen molar-refractivity contribution in [1.29, 1.82) is 0 Å². The molecule has 1 aliphatic rings. The summed E-state index contributed by atoms with van der Waals surface area (Å²) in [6.45, 7) is 2.44. The second kappa shape index (κ2) is 4.24. The summed E-state index contributed by atoms with van der Waals surface area (Å²) in [6.07, 6.45) is 2.89. The maximum atomic E-state index is 8.70. The Labute approximate surface area is 67.2 Å². The molecule has 1 unspecified atom stereocenters. The zero-order chi connectivity index (χ0) is 7.40. The first-order valence-corrected chi connectivity index (χ1v) is 5.17. The molecule has 0 aromatic carbocycles. The molecule has 0 spiro atoms. The lowest BCUT2D eigenvalue weighted by molar-refractivity contribution is 0.250. The molecule has 0 radical (unpaired) electrons. The highest BCUT2D eigenvalue weighted by atomic mass is 32.2. The van der Waals surface area contributed by atoms with Crippen LogP contribution in [0.4, 0.5) is 0 Å².